The van der Waals surface area contributed by atoms with Crippen LogP contribution in [0, 0.1) is 5.92 Å². The Labute approximate surface area is 289 Å². The molecule has 5 aromatic rings. The van der Waals surface area contributed by atoms with E-state index in [-0.39, 0.29) is 6.71 Å². The monoisotopic (exact) mass is 630 g/mol. The number of hydrogen-bond acceptors (Lipinski definition) is 1. The van der Waals surface area contributed by atoms with Gasteiger partial charge in [0.15, 0.2) is 0 Å². The van der Waals surface area contributed by atoms with Crippen molar-refractivity contribution in [3.63, 3.8) is 0 Å². The smallest absolute Gasteiger partial charge is 0.252 e. The number of aromatic nitrogens is 1. The predicted octanol–water partition coefficient (Wildman–Crippen LogP) is 8.52. The first kappa shape index (κ1) is 28.7. The summed E-state index contributed by atoms with van der Waals surface area (Å²) in [6.07, 6.45) is 23.2. The van der Waals surface area contributed by atoms with E-state index in [1.54, 1.807) is 5.57 Å². The summed E-state index contributed by atoms with van der Waals surface area (Å²) in [7, 11) is 0. The second kappa shape index (κ2) is 11.1. The summed E-state index contributed by atoms with van der Waals surface area (Å²) in [5, 5.41) is 4.00. The summed E-state index contributed by atoms with van der Waals surface area (Å²) in [6, 6.07) is 34.4. The molecule has 0 amide bonds. The molecule has 2 aliphatic heterocycles. The first-order valence-corrected chi connectivity index (χ1v) is 18.1. The first-order valence-electron chi connectivity index (χ1n) is 18.1. The van der Waals surface area contributed by atoms with Gasteiger partial charge in [0.2, 0.25) is 0 Å². The van der Waals surface area contributed by atoms with Gasteiger partial charge in [0.05, 0.1) is 5.35 Å². The fourth-order valence-electron chi connectivity index (χ4n) is 9.69. The van der Waals surface area contributed by atoms with Crippen molar-refractivity contribution in [1.82, 2.24) is 4.57 Å². The van der Waals surface area contributed by atoms with Gasteiger partial charge in [-0.3, -0.25) is 0 Å². The molecular formula is C46H39BN2. The van der Waals surface area contributed by atoms with E-state index >= 15 is 0 Å². The lowest BCUT2D eigenvalue weighted by molar-refractivity contribution is 0.607. The molecule has 236 valence electrons. The van der Waals surface area contributed by atoms with Gasteiger partial charge in [-0.05, 0) is 89.6 Å². The second-order valence-corrected chi connectivity index (χ2v) is 14.1. The van der Waals surface area contributed by atoms with Gasteiger partial charge in [0.25, 0.3) is 6.71 Å². The fraction of sp³-hybridized carbons (Fsp3) is 0.174. The number of para-hydroxylation sites is 2. The molecule has 5 aliphatic rings. The predicted molar refractivity (Wildman–Crippen MR) is 209 cm³/mol. The number of rotatable bonds is 5. The summed E-state index contributed by atoms with van der Waals surface area (Å²) >= 11 is 0. The number of benzene rings is 4. The third-order valence-corrected chi connectivity index (χ3v) is 11.6. The molecular weight excluding hydrogens is 591 g/mol. The average molecular weight is 631 g/mol. The Morgan fingerprint density at radius 1 is 0.796 bits per heavy atom. The van der Waals surface area contributed by atoms with Crippen molar-refractivity contribution in [2.75, 3.05) is 4.90 Å². The minimum absolute atomic E-state index is 0.107. The number of nitrogens with zero attached hydrogens (tertiary/aromatic N) is 2. The summed E-state index contributed by atoms with van der Waals surface area (Å²) in [4.78, 5) is 2.56. The lowest BCUT2D eigenvalue weighted by Crippen LogP contribution is -2.56. The molecule has 49 heavy (non-hydrogen) atoms. The Morgan fingerprint density at radius 3 is 2.47 bits per heavy atom. The maximum atomic E-state index is 2.58. The highest BCUT2D eigenvalue weighted by Crippen LogP contribution is 2.52. The molecule has 0 N–H and O–H groups in total. The molecule has 4 aromatic carbocycles. The molecule has 1 unspecified atom stereocenters. The minimum atomic E-state index is 0.107. The zero-order valence-electron chi connectivity index (χ0n) is 28.2. The molecule has 0 bridgehead atoms. The van der Waals surface area contributed by atoms with Gasteiger partial charge in [0, 0.05) is 50.7 Å². The van der Waals surface area contributed by atoms with Crippen molar-refractivity contribution in [2.24, 2.45) is 5.92 Å². The lowest BCUT2D eigenvalue weighted by Gasteiger charge is -2.44. The quantitative estimate of drug-likeness (QED) is 0.177. The number of allylic oxidation sites excluding steroid dienone is 10. The van der Waals surface area contributed by atoms with Crippen LogP contribution in [0.4, 0.5) is 11.4 Å². The highest BCUT2D eigenvalue weighted by atomic mass is 15.2. The number of anilines is 2. The van der Waals surface area contributed by atoms with Crippen LogP contribution in [-0.4, -0.2) is 11.3 Å². The van der Waals surface area contributed by atoms with E-state index in [0.29, 0.717) is 11.8 Å². The van der Waals surface area contributed by atoms with Crippen LogP contribution >= 0.6 is 0 Å². The zero-order chi connectivity index (χ0) is 32.6. The molecule has 0 saturated carbocycles. The van der Waals surface area contributed by atoms with Gasteiger partial charge in [-0.2, -0.15) is 0 Å². The molecule has 2 atom stereocenters. The molecule has 0 fully saturated rings. The van der Waals surface area contributed by atoms with Crippen LogP contribution in [0.3, 0.4) is 0 Å². The van der Waals surface area contributed by atoms with E-state index in [4.69, 9.17) is 0 Å². The summed E-state index contributed by atoms with van der Waals surface area (Å²) in [6.45, 7) is 4.83. The Morgan fingerprint density at radius 2 is 1.59 bits per heavy atom. The molecule has 2 nitrogen and oxygen atoms in total. The topological polar surface area (TPSA) is 8.17 Å². The van der Waals surface area contributed by atoms with Crippen molar-refractivity contribution in [3.8, 4) is 5.69 Å². The van der Waals surface area contributed by atoms with Gasteiger partial charge in [-0.1, -0.05) is 128 Å². The van der Waals surface area contributed by atoms with Crippen molar-refractivity contribution >= 4 is 57.6 Å². The minimum Gasteiger partial charge on any atom is -0.315 e. The van der Waals surface area contributed by atoms with E-state index in [0.717, 1.165) is 12.8 Å². The van der Waals surface area contributed by atoms with E-state index in [2.05, 4.69) is 163 Å². The van der Waals surface area contributed by atoms with Crippen LogP contribution < -0.4 is 26.4 Å². The molecule has 3 aliphatic carbocycles. The Balaban J connectivity index is 1.38. The Kier molecular flexibility index (Phi) is 6.53. The number of hydrogen-bond donors (Lipinski definition) is 0. The van der Waals surface area contributed by atoms with Crippen LogP contribution in [-0.2, 0) is 0 Å². The number of unbranched alkanes of at least 4 members (excludes halogenated alkanes) is 1. The van der Waals surface area contributed by atoms with E-state index in [1.807, 2.05) is 0 Å². The highest BCUT2D eigenvalue weighted by Gasteiger charge is 2.46. The summed E-state index contributed by atoms with van der Waals surface area (Å²) < 4.78 is 2.58. The van der Waals surface area contributed by atoms with Gasteiger partial charge < -0.3 is 9.47 Å². The SMILES string of the molecule is CCCCC1=C(C2=C(C)N(c3ccccc3)c3cccc4c3B2c2cccc3c5c(n-4c23)=CC=CCC=5)c2ccccc2C2C=CC=C[C@H]12. The highest BCUT2D eigenvalue weighted by molar-refractivity contribution is 6.96. The molecule has 0 saturated heterocycles. The largest absolute Gasteiger partial charge is 0.315 e. The van der Waals surface area contributed by atoms with E-state index < -0.39 is 0 Å². The van der Waals surface area contributed by atoms with Crippen molar-refractivity contribution in [2.45, 2.75) is 45.4 Å². The second-order valence-electron chi connectivity index (χ2n) is 14.1. The summed E-state index contributed by atoms with van der Waals surface area (Å²) in [5.41, 5.74) is 16.7. The Hall–Kier alpha value is -5.28. The molecule has 0 radical (unpaired) electrons. The van der Waals surface area contributed by atoms with Crippen LogP contribution in [0.25, 0.3) is 34.3 Å². The zero-order valence-corrected chi connectivity index (χ0v) is 28.2. The normalized spacial score (nSPS) is 19.6. The van der Waals surface area contributed by atoms with Gasteiger partial charge in [0.1, 0.15) is 0 Å². The van der Waals surface area contributed by atoms with Crippen LogP contribution in [0.15, 0.2) is 144 Å². The standard InChI is InChI=1S/C46H39BN2/c1-3-4-19-36-33-21-12-11-20-32(33)34-22-13-14-24-37(34)43(36)44-30(2)48(31-17-7-5-8-18-31)41-28-16-29-42-45(41)47(44)39-26-15-25-38-35-23-9-6-10-27-40(35)49(42)46(38)39/h5-8,10-18,20-29,32-33H,3-4,9,19H2,1-2H3/t32?,33-/m0/s1. The first-order chi connectivity index (χ1) is 24.3. The maximum absolute atomic E-state index is 2.58. The third-order valence-electron chi connectivity index (χ3n) is 11.6. The van der Waals surface area contributed by atoms with E-state index in [9.17, 15) is 0 Å². The van der Waals surface area contributed by atoms with Gasteiger partial charge in [-0.25, -0.2) is 0 Å². The average Bonchev–Trinajstić information content (AvgIpc) is 3.27. The lowest BCUT2D eigenvalue weighted by atomic mass is 9.31. The van der Waals surface area contributed by atoms with Gasteiger partial charge in [-0.15, -0.1) is 0 Å². The number of fused-ring (bicyclic) bond motifs is 8. The van der Waals surface area contributed by atoms with Crippen molar-refractivity contribution in [1.29, 1.82) is 0 Å². The third kappa shape index (κ3) is 4.02. The molecule has 0 spiro atoms. The molecule has 1 aromatic heterocycles. The summed E-state index contributed by atoms with van der Waals surface area (Å²) in [5.74, 6) is 0.732. The molecule has 10 rings (SSSR count). The van der Waals surface area contributed by atoms with Crippen LogP contribution in [0.2, 0.25) is 0 Å². The van der Waals surface area contributed by atoms with Crippen molar-refractivity contribution < 1.29 is 0 Å². The van der Waals surface area contributed by atoms with Crippen LogP contribution in [0.1, 0.15) is 56.6 Å². The molecule has 3 heterocycles. The Bertz CT molecular complexity index is 2490. The molecule has 3 heteroatoms. The van der Waals surface area contributed by atoms with Crippen molar-refractivity contribution in [3.05, 3.63) is 166 Å². The fourth-order valence-corrected chi connectivity index (χ4v) is 9.69. The van der Waals surface area contributed by atoms with Gasteiger partial charge >= 0.3 is 0 Å². The maximum Gasteiger partial charge on any atom is 0.252 e. The van der Waals surface area contributed by atoms with E-state index in [1.165, 1.54) is 90.2 Å². The van der Waals surface area contributed by atoms with Crippen LogP contribution in [0.5, 0.6) is 0 Å².